The number of thiazole rings is 1. The van der Waals surface area contributed by atoms with Crippen molar-refractivity contribution in [3.8, 4) is 0 Å². The summed E-state index contributed by atoms with van der Waals surface area (Å²) in [6, 6.07) is 9.72. The second-order valence-electron chi connectivity index (χ2n) is 4.28. The number of rotatable bonds is 7. The molecule has 5 nitrogen and oxygen atoms in total. The Bertz CT molecular complexity index is 629. The van der Waals surface area contributed by atoms with Crippen molar-refractivity contribution in [3.05, 3.63) is 41.4 Å². The number of carbonyl (C=O) groups is 2. The van der Waals surface area contributed by atoms with E-state index in [1.54, 1.807) is 12.3 Å². The third-order valence-corrected chi connectivity index (χ3v) is 4.36. The highest BCUT2D eigenvalue weighted by Gasteiger charge is 2.10. The lowest BCUT2D eigenvalue weighted by atomic mass is 10.3. The molecule has 0 unspecified atom stereocenters. The van der Waals surface area contributed by atoms with Crippen LogP contribution in [0.1, 0.15) is 12.6 Å². The Morgan fingerprint density at radius 1 is 1.32 bits per heavy atom. The number of carbonyl (C=O) groups excluding carboxylic acids is 2. The Labute approximate surface area is 137 Å². The Morgan fingerprint density at radius 3 is 2.82 bits per heavy atom. The first kappa shape index (κ1) is 16.5. The second kappa shape index (κ2) is 8.55. The number of hydrogen-bond donors (Lipinski definition) is 1. The molecule has 0 aliphatic carbocycles. The predicted octanol–water partition coefficient (Wildman–Crippen LogP) is 2.98. The SMILES string of the molecule is CCOC(=O)Cc1csc(NC(=O)CSc2ccccc2)n1. The molecule has 2 aromatic rings. The standard InChI is InChI=1S/C15H16N2O3S2/c1-2-20-14(19)8-11-9-22-15(16-11)17-13(18)10-21-12-6-4-3-5-7-12/h3-7,9H,2,8,10H2,1H3,(H,16,17,18). The zero-order valence-corrected chi connectivity index (χ0v) is 13.7. The maximum atomic E-state index is 11.9. The van der Waals surface area contributed by atoms with Crippen molar-refractivity contribution in [1.29, 1.82) is 0 Å². The maximum Gasteiger partial charge on any atom is 0.311 e. The van der Waals surface area contributed by atoms with Gasteiger partial charge in [0.15, 0.2) is 5.13 Å². The Morgan fingerprint density at radius 2 is 2.09 bits per heavy atom. The molecule has 0 radical (unpaired) electrons. The number of nitrogens with one attached hydrogen (secondary N) is 1. The van der Waals surface area contributed by atoms with Gasteiger partial charge in [-0.15, -0.1) is 23.1 Å². The third-order valence-electron chi connectivity index (χ3n) is 2.54. The molecule has 1 aromatic heterocycles. The summed E-state index contributed by atoms with van der Waals surface area (Å²) in [4.78, 5) is 28.5. The van der Waals surface area contributed by atoms with Crippen molar-refractivity contribution in [2.75, 3.05) is 17.7 Å². The van der Waals surface area contributed by atoms with E-state index in [9.17, 15) is 9.59 Å². The molecule has 1 aromatic carbocycles. The molecule has 0 fully saturated rings. The van der Waals surface area contributed by atoms with Crippen LogP contribution in [-0.4, -0.2) is 29.2 Å². The second-order valence-corrected chi connectivity index (χ2v) is 6.18. The Kier molecular flexibility index (Phi) is 6.42. The quantitative estimate of drug-likeness (QED) is 0.622. The summed E-state index contributed by atoms with van der Waals surface area (Å²) >= 11 is 2.76. The van der Waals surface area contributed by atoms with Crippen molar-refractivity contribution in [3.63, 3.8) is 0 Å². The summed E-state index contributed by atoms with van der Waals surface area (Å²) in [6.07, 6.45) is 0.124. The first-order valence-electron chi connectivity index (χ1n) is 6.75. The molecule has 0 aliphatic heterocycles. The predicted molar refractivity (Wildman–Crippen MR) is 88.2 cm³/mol. The van der Waals surface area contributed by atoms with Gasteiger partial charge in [0, 0.05) is 10.3 Å². The van der Waals surface area contributed by atoms with Crippen LogP contribution >= 0.6 is 23.1 Å². The van der Waals surface area contributed by atoms with Gasteiger partial charge in [0.05, 0.1) is 24.5 Å². The largest absolute Gasteiger partial charge is 0.466 e. The van der Waals surface area contributed by atoms with E-state index in [2.05, 4.69) is 10.3 Å². The van der Waals surface area contributed by atoms with Crippen LogP contribution in [0, 0.1) is 0 Å². The van der Waals surface area contributed by atoms with Gasteiger partial charge in [-0.25, -0.2) is 4.98 Å². The van der Waals surface area contributed by atoms with E-state index in [-0.39, 0.29) is 18.3 Å². The number of nitrogens with zero attached hydrogens (tertiary/aromatic N) is 1. The molecule has 0 saturated heterocycles. The van der Waals surface area contributed by atoms with E-state index in [1.807, 2.05) is 30.3 Å². The summed E-state index contributed by atoms with van der Waals surface area (Å²) in [5.41, 5.74) is 0.606. The summed E-state index contributed by atoms with van der Waals surface area (Å²) in [7, 11) is 0. The van der Waals surface area contributed by atoms with Gasteiger partial charge in [0.1, 0.15) is 0 Å². The van der Waals surface area contributed by atoms with Crippen LogP contribution in [0.5, 0.6) is 0 Å². The highest BCUT2D eigenvalue weighted by atomic mass is 32.2. The number of amides is 1. The topological polar surface area (TPSA) is 68.3 Å². The molecule has 0 bridgehead atoms. The Hall–Kier alpha value is -1.86. The number of ether oxygens (including phenoxy) is 1. The van der Waals surface area contributed by atoms with Gasteiger partial charge in [-0.1, -0.05) is 18.2 Å². The normalized spacial score (nSPS) is 10.2. The van der Waals surface area contributed by atoms with Gasteiger partial charge in [-0.05, 0) is 19.1 Å². The summed E-state index contributed by atoms with van der Waals surface area (Å²) in [5, 5.41) is 4.98. The lowest BCUT2D eigenvalue weighted by molar-refractivity contribution is -0.142. The van der Waals surface area contributed by atoms with Gasteiger partial charge >= 0.3 is 5.97 Å². The maximum absolute atomic E-state index is 11.9. The third kappa shape index (κ3) is 5.50. The zero-order valence-electron chi connectivity index (χ0n) is 12.1. The van der Waals surface area contributed by atoms with Gasteiger partial charge in [-0.3, -0.25) is 9.59 Å². The van der Waals surface area contributed by atoms with Crippen molar-refractivity contribution in [1.82, 2.24) is 4.98 Å². The van der Waals surface area contributed by atoms with Crippen LogP contribution in [-0.2, 0) is 20.7 Å². The van der Waals surface area contributed by atoms with E-state index in [4.69, 9.17) is 4.74 Å². The minimum atomic E-state index is -0.315. The lowest BCUT2D eigenvalue weighted by Gasteiger charge is -2.02. The lowest BCUT2D eigenvalue weighted by Crippen LogP contribution is -2.14. The van der Waals surface area contributed by atoms with E-state index < -0.39 is 0 Å². The number of hydrogen-bond acceptors (Lipinski definition) is 6. The van der Waals surface area contributed by atoms with Crippen LogP contribution in [0.15, 0.2) is 40.6 Å². The van der Waals surface area contributed by atoms with Gasteiger partial charge in [0.2, 0.25) is 5.91 Å². The number of benzene rings is 1. The molecule has 0 saturated carbocycles. The van der Waals surface area contributed by atoms with E-state index >= 15 is 0 Å². The molecule has 1 N–H and O–H groups in total. The molecule has 22 heavy (non-hydrogen) atoms. The van der Waals surface area contributed by atoms with Gasteiger partial charge in [0.25, 0.3) is 0 Å². The van der Waals surface area contributed by atoms with Crippen molar-refractivity contribution < 1.29 is 14.3 Å². The minimum Gasteiger partial charge on any atom is -0.466 e. The molecule has 2 rings (SSSR count). The average Bonchev–Trinajstić information content (AvgIpc) is 2.93. The monoisotopic (exact) mass is 336 g/mol. The van der Waals surface area contributed by atoms with Crippen molar-refractivity contribution >= 4 is 40.1 Å². The molecule has 7 heteroatoms. The molecular formula is C15H16N2O3S2. The number of anilines is 1. The van der Waals surface area contributed by atoms with Crippen molar-refractivity contribution in [2.45, 2.75) is 18.2 Å². The highest BCUT2D eigenvalue weighted by molar-refractivity contribution is 8.00. The number of aromatic nitrogens is 1. The van der Waals surface area contributed by atoms with Crippen LogP contribution in [0.2, 0.25) is 0 Å². The first-order chi connectivity index (χ1) is 10.7. The van der Waals surface area contributed by atoms with Gasteiger partial charge < -0.3 is 10.1 Å². The average molecular weight is 336 g/mol. The van der Waals surface area contributed by atoms with Crippen LogP contribution in [0.25, 0.3) is 0 Å². The van der Waals surface area contributed by atoms with Crippen LogP contribution < -0.4 is 5.32 Å². The molecule has 1 amide bonds. The van der Waals surface area contributed by atoms with Crippen molar-refractivity contribution in [2.24, 2.45) is 0 Å². The summed E-state index contributed by atoms with van der Waals surface area (Å²) < 4.78 is 4.86. The van der Waals surface area contributed by atoms with Crippen LogP contribution in [0.3, 0.4) is 0 Å². The van der Waals surface area contributed by atoms with Crippen LogP contribution in [0.4, 0.5) is 5.13 Å². The molecule has 1 heterocycles. The fourth-order valence-electron chi connectivity index (χ4n) is 1.63. The fourth-order valence-corrected chi connectivity index (χ4v) is 3.07. The smallest absolute Gasteiger partial charge is 0.311 e. The molecule has 0 aliphatic rings. The number of thioether (sulfide) groups is 1. The molecule has 0 spiro atoms. The minimum absolute atomic E-state index is 0.120. The number of esters is 1. The molecule has 116 valence electrons. The Balaban J connectivity index is 1.79. The highest BCUT2D eigenvalue weighted by Crippen LogP contribution is 2.19. The van der Waals surface area contributed by atoms with E-state index in [0.717, 1.165) is 4.90 Å². The van der Waals surface area contributed by atoms with E-state index in [1.165, 1.54) is 23.1 Å². The first-order valence-corrected chi connectivity index (χ1v) is 8.61. The fraction of sp³-hybridized carbons (Fsp3) is 0.267. The summed E-state index contributed by atoms with van der Waals surface area (Å²) in [5.74, 6) is -0.118. The van der Waals surface area contributed by atoms with E-state index in [0.29, 0.717) is 23.2 Å². The summed E-state index contributed by atoms with van der Waals surface area (Å²) in [6.45, 7) is 2.11. The molecule has 0 atom stereocenters. The molecular weight excluding hydrogens is 320 g/mol. The van der Waals surface area contributed by atoms with Gasteiger partial charge in [-0.2, -0.15) is 0 Å². The zero-order chi connectivity index (χ0) is 15.8.